The topological polar surface area (TPSA) is 42.4 Å². The molecule has 3 aliphatic rings. The van der Waals surface area contributed by atoms with E-state index >= 15 is 0 Å². The van der Waals surface area contributed by atoms with Gasteiger partial charge < -0.3 is 13.7 Å². The summed E-state index contributed by atoms with van der Waals surface area (Å²) >= 11 is 0. The predicted octanol–water partition coefficient (Wildman–Crippen LogP) is 17.6. The fourth-order valence-electron chi connectivity index (χ4n) is 13.2. The highest BCUT2D eigenvalue weighted by Gasteiger charge is 2.49. The van der Waals surface area contributed by atoms with Crippen molar-refractivity contribution in [3.8, 4) is 44.5 Å². The van der Waals surface area contributed by atoms with Crippen molar-refractivity contribution in [3.63, 3.8) is 0 Å². The third-order valence-electron chi connectivity index (χ3n) is 16.3. The fraction of sp³-hybridized carbons (Fsp3) is 0.172. The van der Waals surface area contributed by atoms with Crippen molar-refractivity contribution in [2.45, 2.75) is 71.6 Å². The van der Waals surface area contributed by atoms with Gasteiger partial charge in [0.15, 0.2) is 0 Å². The van der Waals surface area contributed by atoms with Crippen LogP contribution in [-0.2, 0) is 16.2 Å². The van der Waals surface area contributed by atoms with Crippen LogP contribution in [-0.4, -0.2) is 4.98 Å². The third-order valence-corrected chi connectivity index (χ3v) is 16.3. The first-order chi connectivity index (χ1) is 32.9. The Labute approximate surface area is 396 Å². The molecule has 0 saturated carbocycles. The van der Waals surface area contributed by atoms with E-state index in [0.717, 1.165) is 50.2 Å². The maximum absolute atomic E-state index is 6.99. The van der Waals surface area contributed by atoms with E-state index in [1.165, 1.54) is 99.7 Å². The van der Waals surface area contributed by atoms with Gasteiger partial charge in [-0.2, -0.15) is 0 Å². The van der Waals surface area contributed by atoms with Crippen molar-refractivity contribution >= 4 is 60.9 Å². The lowest BCUT2D eigenvalue weighted by atomic mass is 9.72. The number of aryl methyl sites for hydroxylation is 2. The van der Waals surface area contributed by atoms with Gasteiger partial charge >= 0.3 is 0 Å². The third kappa shape index (κ3) is 4.92. The van der Waals surface area contributed by atoms with Gasteiger partial charge in [0, 0.05) is 72.7 Å². The monoisotopic (exact) mass is 878 g/mol. The molecule has 8 aromatic carbocycles. The van der Waals surface area contributed by atoms with E-state index in [1.54, 1.807) is 0 Å². The Morgan fingerprint density at radius 1 is 0.426 bits per heavy atom. The van der Waals surface area contributed by atoms with Crippen molar-refractivity contribution in [1.29, 1.82) is 0 Å². The zero-order chi connectivity index (χ0) is 46.2. The standard InChI is InChI=1S/C64H50N2O2/c1-35-16-15-17-36(2)59(35)66(38-24-26-41-47(32-38)62(3,4)49-34-45(37-28-30-65-31-29-37)60-54(52(41)49)43-19-10-13-22-50(43)67-60)39-25-27-42-48(33-39)64(7,8)57-53(42)55-44-20-11-14-23-51(44)68-61(55)56-40-18-9-12-21-46(40)63(5,6)58(56)57/h9-34H,1-8H3. The van der Waals surface area contributed by atoms with Crippen LogP contribution in [0.15, 0.2) is 167 Å². The Kier molecular flexibility index (Phi) is 7.70. The van der Waals surface area contributed by atoms with Gasteiger partial charge in [0.05, 0.1) is 5.69 Å². The molecule has 3 heterocycles. The SMILES string of the molecule is Cc1cccc(C)c1N(c1ccc2c(c1)C(C)(C)c1cc(-c3ccncc3)c3oc4ccccc4c3c1-2)c1ccc2c(c1)C(C)(C)c1c3c(c4oc5ccccc5c4c1-2)-c1ccccc1C3(C)C. The van der Waals surface area contributed by atoms with Gasteiger partial charge in [-0.15, -0.1) is 0 Å². The van der Waals surface area contributed by atoms with Crippen LogP contribution in [0.4, 0.5) is 17.1 Å². The molecule has 3 aromatic heterocycles. The molecule has 0 unspecified atom stereocenters. The van der Waals surface area contributed by atoms with Crippen LogP contribution in [0.25, 0.3) is 88.4 Å². The predicted molar refractivity (Wildman–Crippen MR) is 281 cm³/mol. The molecule has 328 valence electrons. The van der Waals surface area contributed by atoms with Crippen LogP contribution < -0.4 is 4.90 Å². The van der Waals surface area contributed by atoms with E-state index in [0.29, 0.717) is 0 Å². The van der Waals surface area contributed by atoms with Crippen LogP contribution >= 0.6 is 0 Å². The number of rotatable bonds is 4. The average molecular weight is 879 g/mol. The Morgan fingerprint density at radius 3 is 1.63 bits per heavy atom. The van der Waals surface area contributed by atoms with E-state index in [4.69, 9.17) is 8.83 Å². The number of hydrogen-bond donors (Lipinski definition) is 0. The van der Waals surface area contributed by atoms with Crippen molar-refractivity contribution in [2.75, 3.05) is 4.90 Å². The van der Waals surface area contributed by atoms with E-state index in [9.17, 15) is 0 Å². The summed E-state index contributed by atoms with van der Waals surface area (Å²) in [6.07, 6.45) is 3.74. The lowest BCUT2D eigenvalue weighted by Gasteiger charge is -2.32. The summed E-state index contributed by atoms with van der Waals surface area (Å²) in [7, 11) is 0. The number of furan rings is 2. The van der Waals surface area contributed by atoms with Crippen molar-refractivity contribution in [3.05, 3.63) is 202 Å². The zero-order valence-corrected chi connectivity index (χ0v) is 39.7. The van der Waals surface area contributed by atoms with E-state index in [2.05, 4.69) is 211 Å². The second-order valence-electron chi connectivity index (χ2n) is 21.1. The highest BCUT2D eigenvalue weighted by molar-refractivity contribution is 6.21. The van der Waals surface area contributed by atoms with Gasteiger partial charge in [0.2, 0.25) is 0 Å². The van der Waals surface area contributed by atoms with Gasteiger partial charge in [0.25, 0.3) is 0 Å². The van der Waals surface area contributed by atoms with Crippen LogP contribution in [0.2, 0.25) is 0 Å². The Hall–Kier alpha value is -7.69. The molecular weight excluding hydrogens is 829 g/mol. The van der Waals surface area contributed by atoms with Crippen molar-refractivity contribution in [2.24, 2.45) is 0 Å². The van der Waals surface area contributed by atoms with E-state index < -0.39 is 0 Å². The minimum absolute atomic E-state index is 0.224. The maximum atomic E-state index is 6.99. The first kappa shape index (κ1) is 39.5. The average Bonchev–Trinajstić information content (AvgIpc) is 4.09. The molecule has 0 spiro atoms. The van der Waals surface area contributed by atoms with E-state index in [1.807, 2.05) is 12.4 Å². The fourth-order valence-corrected chi connectivity index (χ4v) is 13.2. The van der Waals surface area contributed by atoms with Gasteiger partial charge in [-0.1, -0.05) is 133 Å². The van der Waals surface area contributed by atoms with Gasteiger partial charge in [0.1, 0.15) is 22.3 Å². The molecule has 14 rings (SSSR count). The summed E-state index contributed by atoms with van der Waals surface area (Å²) in [5.41, 5.74) is 26.8. The van der Waals surface area contributed by atoms with Crippen molar-refractivity contribution < 1.29 is 8.83 Å². The molecule has 0 amide bonds. The lowest BCUT2D eigenvalue weighted by Crippen LogP contribution is -2.24. The molecule has 4 nitrogen and oxygen atoms in total. The molecule has 0 bridgehead atoms. The number of aromatic nitrogens is 1. The Bertz CT molecular complexity index is 4010. The Morgan fingerprint density at radius 2 is 0.956 bits per heavy atom. The van der Waals surface area contributed by atoms with Gasteiger partial charge in [-0.3, -0.25) is 4.98 Å². The minimum atomic E-state index is -0.323. The Balaban J connectivity index is 1.00. The summed E-state index contributed by atoms with van der Waals surface area (Å²) < 4.78 is 13.8. The molecule has 0 fully saturated rings. The highest BCUT2D eigenvalue weighted by atomic mass is 16.3. The molecule has 4 heteroatoms. The van der Waals surface area contributed by atoms with Gasteiger partial charge in [-0.25, -0.2) is 0 Å². The van der Waals surface area contributed by atoms with Crippen LogP contribution in [0.1, 0.15) is 86.1 Å². The molecule has 0 radical (unpaired) electrons. The molecule has 11 aromatic rings. The summed E-state index contributed by atoms with van der Waals surface area (Å²) in [4.78, 5) is 6.89. The second-order valence-corrected chi connectivity index (χ2v) is 21.1. The van der Waals surface area contributed by atoms with Crippen LogP contribution in [0.5, 0.6) is 0 Å². The minimum Gasteiger partial charge on any atom is -0.455 e. The molecule has 68 heavy (non-hydrogen) atoms. The largest absolute Gasteiger partial charge is 0.455 e. The number of anilines is 3. The smallest absolute Gasteiger partial charge is 0.144 e. The molecule has 0 aliphatic heterocycles. The first-order valence-corrected chi connectivity index (χ1v) is 24.0. The second kappa shape index (κ2) is 13.3. The first-order valence-electron chi connectivity index (χ1n) is 24.0. The highest BCUT2D eigenvalue weighted by Crippen LogP contribution is 2.64. The number of para-hydroxylation sites is 3. The molecule has 0 saturated heterocycles. The molecule has 3 aliphatic carbocycles. The lowest BCUT2D eigenvalue weighted by molar-refractivity contribution is 0.600. The molecule has 0 N–H and O–H groups in total. The maximum Gasteiger partial charge on any atom is 0.144 e. The molecule has 0 atom stereocenters. The van der Waals surface area contributed by atoms with E-state index in [-0.39, 0.29) is 16.2 Å². The summed E-state index contributed by atoms with van der Waals surface area (Å²) in [5, 5.41) is 4.71. The van der Waals surface area contributed by atoms with Crippen LogP contribution in [0.3, 0.4) is 0 Å². The number of nitrogens with zero attached hydrogens (tertiary/aromatic N) is 2. The zero-order valence-electron chi connectivity index (χ0n) is 39.7. The van der Waals surface area contributed by atoms with Gasteiger partial charge in [-0.05, 0) is 146 Å². The number of fused-ring (bicyclic) bond motifs is 19. The van der Waals surface area contributed by atoms with Crippen molar-refractivity contribution in [1.82, 2.24) is 4.98 Å². The quantitative estimate of drug-likeness (QED) is 0.177. The number of pyridine rings is 1. The normalized spacial score (nSPS) is 15.4. The molecular formula is C64H50N2O2. The number of benzene rings is 8. The summed E-state index contributed by atoms with van der Waals surface area (Å²) in [6.45, 7) is 19.0. The van der Waals surface area contributed by atoms with Crippen LogP contribution in [0, 0.1) is 13.8 Å². The number of hydrogen-bond acceptors (Lipinski definition) is 4. The summed E-state index contributed by atoms with van der Waals surface area (Å²) in [6, 6.07) is 53.8. The summed E-state index contributed by atoms with van der Waals surface area (Å²) in [5.74, 6) is 0.